The highest BCUT2D eigenvalue weighted by Gasteiger charge is 2.46. The van der Waals surface area contributed by atoms with E-state index in [1.165, 1.54) is 42.7 Å². The predicted molar refractivity (Wildman–Crippen MR) is 136 cm³/mol. The Morgan fingerprint density at radius 2 is 1.94 bits per heavy atom. The third-order valence-electron chi connectivity index (χ3n) is 7.33. The maximum atomic E-state index is 12.7. The molecule has 3 atom stereocenters. The molecule has 0 bridgehead atoms. The van der Waals surface area contributed by atoms with E-state index in [2.05, 4.69) is 24.2 Å². The Morgan fingerprint density at radius 1 is 1.24 bits per heavy atom. The molecule has 1 N–H and O–H groups in total. The third-order valence-corrected chi connectivity index (χ3v) is 8.54. The lowest BCUT2D eigenvalue weighted by molar-refractivity contribution is -0.128. The second-order valence-corrected chi connectivity index (χ2v) is 10.8. The molecular formula is C26H27N3O2S2. The van der Waals surface area contributed by atoms with Crippen LogP contribution in [0.1, 0.15) is 50.3 Å². The Kier molecular flexibility index (Phi) is 5.79. The minimum atomic E-state index is -0.478. The van der Waals surface area contributed by atoms with Gasteiger partial charge in [0.1, 0.15) is 10.6 Å². The highest BCUT2D eigenvalue weighted by atomic mass is 32.1. The number of hydrogen-bond donors (Lipinski definition) is 1. The van der Waals surface area contributed by atoms with Crippen LogP contribution in [0, 0.1) is 11.8 Å². The van der Waals surface area contributed by atoms with Crippen molar-refractivity contribution in [2.24, 2.45) is 11.8 Å². The van der Waals surface area contributed by atoms with Crippen LogP contribution < -0.4 is 5.32 Å². The number of nitrogens with zero attached hydrogens (tertiary/aromatic N) is 2. The molecule has 2 heterocycles. The SMILES string of the molecule is C=CCN1C(=O)/C(=C/c2ccc(-c3nc(C4(C)C[C@H]5CCC[C@H]5C4)cs3)cc2)C(=O)NC1=S. The quantitative estimate of drug-likeness (QED) is 0.282. The topological polar surface area (TPSA) is 62.3 Å². The summed E-state index contributed by atoms with van der Waals surface area (Å²) in [6.45, 7) is 6.28. The maximum absolute atomic E-state index is 12.7. The molecule has 33 heavy (non-hydrogen) atoms. The monoisotopic (exact) mass is 477 g/mol. The van der Waals surface area contributed by atoms with Crippen LogP contribution in [0.15, 0.2) is 47.9 Å². The zero-order chi connectivity index (χ0) is 23.2. The van der Waals surface area contributed by atoms with Gasteiger partial charge in [0.15, 0.2) is 5.11 Å². The fraction of sp³-hybridized carbons (Fsp3) is 0.385. The second-order valence-electron chi connectivity index (χ2n) is 9.60. The molecule has 1 unspecified atom stereocenters. The van der Waals surface area contributed by atoms with E-state index in [0.717, 1.165) is 28.0 Å². The van der Waals surface area contributed by atoms with Gasteiger partial charge in [-0.25, -0.2) is 4.98 Å². The van der Waals surface area contributed by atoms with E-state index in [9.17, 15) is 9.59 Å². The van der Waals surface area contributed by atoms with Crippen LogP contribution in [0.5, 0.6) is 0 Å². The van der Waals surface area contributed by atoms with E-state index in [4.69, 9.17) is 17.2 Å². The molecule has 2 saturated carbocycles. The van der Waals surface area contributed by atoms with Crippen molar-refractivity contribution in [1.82, 2.24) is 15.2 Å². The molecule has 2 amide bonds. The summed E-state index contributed by atoms with van der Waals surface area (Å²) in [5.41, 5.74) is 3.31. The van der Waals surface area contributed by atoms with Crippen molar-refractivity contribution in [3.05, 3.63) is 59.1 Å². The molecule has 5 nitrogen and oxygen atoms in total. The lowest BCUT2D eigenvalue weighted by atomic mass is 9.83. The van der Waals surface area contributed by atoms with E-state index >= 15 is 0 Å². The van der Waals surface area contributed by atoms with Crippen LogP contribution in [0.4, 0.5) is 0 Å². The number of thiazole rings is 1. The molecule has 3 fully saturated rings. The van der Waals surface area contributed by atoms with Crippen molar-refractivity contribution in [1.29, 1.82) is 0 Å². The average Bonchev–Trinajstić information content (AvgIpc) is 3.50. The fourth-order valence-electron chi connectivity index (χ4n) is 5.66. The lowest BCUT2D eigenvalue weighted by Gasteiger charge is -2.27. The van der Waals surface area contributed by atoms with Gasteiger partial charge in [-0.05, 0) is 48.5 Å². The predicted octanol–water partition coefficient (Wildman–Crippen LogP) is 5.09. The van der Waals surface area contributed by atoms with Crippen molar-refractivity contribution in [2.75, 3.05) is 6.54 Å². The molecule has 1 aromatic heterocycles. The van der Waals surface area contributed by atoms with Crippen LogP contribution in [0.3, 0.4) is 0 Å². The highest BCUT2D eigenvalue weighted by Crippen LogP contribution is 2.54. The Morgan fingerprint density at radius 3 is 2.61 bits per heavy atom. The summed E-state index contributed by atoms with van der Waals surface area (Å²) < 4.78 is 0. The van der Waals surface area contributed by atoms with E-state index in [-0.39, 0.29) is 22.6 Å². The van der Waals surface area contributed by atoms with Crippen molar-refractivity contribution >= 4 is 46.6 Å². The standard InChI is InChI=1S/C26H27N3O2S2/c1-3-11-29-24(31)20(22(30)28-25(29)32)12-16-7-9-17(10-8-16)23-27-21(15-33-23)26(2)13-18-5-4-6-19(18)14-26/h3,7-10,12,15,18-19H,1,4-6,11,13-14H2,2H3,(H,28,30,32)/b20-12+/t18-,19+,26?. The number of rotatable bonds is 5. The Labute approximate surface area is 203 Å². The number of amides is 2. The first-order valence-electron chi connectivity index (χ1n) is 11.4. The lowest BCUT2D eigenvalue weighted by Crippen LogP contribution is -2.53. The summed E-state index contributed by atoms with van der Waals surface area (Å²) in [4.78, 5) is 31.4. The zero-order valence-corrected chi connectivity index (χ0v) is 20.3. The minimum absolute atomic E-state index is 0.0643. The summed E-state index contributed by atoms with van der Waals surface area (Å²) in [5, 5.41) is 5.92. The summed E-state index contributed by atoms with van der Waals surface area (Å²) in [6, 6.07) is 7.82. The summed E-state index contributed by atoms with van der Waals surface area (Å²) in [6.07, 6.45) is 9.85. The number of hydrogen-bond acceptors (Lipinski definition) is 5. The van der Waals surface area contributed by atoms with Gasteiger partial charge in [-0.15, -0.1) is 17.9 Å². The van der Waals surface area contributed by atoms with E-state index in [0.29, 0.717) is 0 Å². The largest absolute Gasteiger partial charge is 0.298 e. The summed E-state index contributed by atoms with van der Waals surface area (Å²) in [7, 11) is 0. The third kappa shape index (κ3) is 4.08. The van der Waals surface area contributed by atoms with E-state index < -0.39 is 11.8 Å². The molecule has 3 aliphatic rings. The van der Waals surface area contributed by atoms with Crippen LogP contribution in [0.25, 0.3) is 16.6 Å². The Bertz CT molecular complexity index is 1150. The number of thiocarbonyl (C=S) groups is 1. The molecule has 1 saturated heterocycles. The molecule has 1 aliphatic heterocycles. The van der Waals surface area contributed by atoms with Gasteiger partial charge < -0.3 is 0 Å². The molecular weight excluding hydrogens is 450 g/mol. The van der Waals surface area contributed by atoms with Crippen LogP contribution in [0.2, 0.25) is 0 Å². The molecule has 7 heteroatoms. The molecule has 2 aliphatic carbocycles. The highest BCUT2D eigenvalue weighted by molar-refractivity contribution is 7.80. The van der Waals surface area contributed by atoms with Gasteiger partial charge in [0, 0.05) is 22.9 Å². The molecule has 5 rings (SSSR count). The van der Waals surface area contributed by atoms with Gasteiger partial charge in [0.05, 0.1) is 5.69 Å². The van der Waals surface area contributed by atoms with Gasteiger partial charge in [0.25, 0.3) is 11.8 Å². The second kappa shape index (κ2) is 8.61. The van der Waals surface area contributed by atoms with Gasteiger partial charge in [-0.1, -0.05) is 56.5 Å². The fourth-order valence-corrected chi connectivity index (χ4v) is 6.90. The summed E-state index contributed by atoms with van der Waals surface area (Å²) in [5.74, 6) is 0.869. The van der Waals surface area contributed by atoms with Gasteiger partial charge in [0.2, 0.25) is 0 Å². The summed E-state index contributed by atoms with van der Waals surface area (Å²) >= 11 is 6.79. The van der Waals surface area contributed by atoms with Crippen molar-refractivity contribution in [2.45, 2.75) is 44.4 Å². The van der Waals surface area contributed by atoms with Crippen LogP contribution in [-0.4, -0.2) is 33.4 Å². The Hall–Kier alpha value is -2.64. The van der Waals surface area contributed by atoms with Crippen molar-refractivity contribution < 1.29 is 9.59 Å². The molecule has 0 spiro atoms. The first kappa shape index (κ1) is 22.2. The molecule has 1 aromatic carbocycles. The van der Waals surface area contributed by atoms with E-state index in [1.54, 1.807) is 23.5 Å². The number of nitrogens with one attached hydrogen (secondary N) is 1. The first-order valence-corrected chi connectivity index (χ1v) is 12.7. The maximum Gasteiger partial charge on any atom is 0.265 e. The zero-order valence-electron chi connectivity index (χ0n) is 18.7. The smallest absolute Gasteiger partial charge is 0.265 e. The number of carbonyl (C=O) groups is 2. The van der Waals surface area contributed by atoms with Crippen molar-refractivity contribution in [3.63, 3.8) is 0 Å². The molecule has 2 aromatic rings. The van der Waals surface area contributed by atoms with Crippen LogP contribution in [-0.2, 0) is 15.0 Å². The van der Waals surface area contributed by atoms with Gasteiger partial charge >= 0.3 is 0 Å². The van der Waals surface area contributed by atoms with Gasteiger partial charge in [-0.3, -0.25) is 19.8 Å². The molecule has 170 valence electrons. The normalized spacial score (nSPS) is 28.3. The average molecular weight is 478 g/mol. The number of fused-ring (bicyclic) bond motifs is 1. The number of benzene rings is 1. The minimum Gasteiger partial charge on any atom is -0.298 e. The number of aromatic nitrogens is 1. The van der Waals surface area contributed by atoms with Crippen molar-refractivity contribution in [3.8, 4) is 10.6 Å². The molecule has 0 radical (unpaired) electrons. The Balaban J connectivity index is 1.34. The first-order chi connectivity index (χ1) is 15.9. The number of carbonyl (C=O) groups excluding carboxylic acids is 2. The van der Waals surface area contributed by atoms with E-state index in [1.807, 2.05) is 24.3 Å². The van der Waals surface area contributed by atoms with Gasteiger partial charge in [-0.2, -0.15) is 0 Å². The van der Waals surface area contributed by atoms with Crippen LogP contribution >= 0.6 is 23.6 Å².